The van der Waals surface area contributed by atoms with Crippen LogP contribution in [-0.4, -0.2) is 33.3 Å². The molecular formula is C29H29FN2O4. The van der Waals surface area contributed by atoms with Crippen LogP contribution in [0.1, 0.15) is 54.5 Å². The molecule has 0 unspecified atom stereocenters. The van der Waals surface area contributed by atoms with E-state index in [0.717, 1.165) is 24.8 Å². The third-order valence-electron chi connectivity index (χ3n) is 6.27. The third kappa shape index (κ3) is 5.30. The van der Waals surface area contributed by atoms with Gasteiger partial charge in [-0.25, -0.2) is 4.39 Å². The second-order valence-corrected chi connectivity index (χ2v) is 8.88. The van der Waals surface area contributed by atoms with Crippen LogP contribution in [0.3, 0.4) is 0 Å². The molecule has 0 radical (unpaired) electrons. The zero-order chi connectivity index (χ0) is 25.7. The Morgan fingerprint density at radius 1 is 1.11 bits per heavy atom. The highest BCUT2D eigenvalue weighted by Gasteiger charge is 2.46. The van der Waals surface area contributed by atoms with Crippen molar-refractivity contribution in [2.75, 3.05) is 6.61 Å². The molecule has 1 amide bonds. The second-order valence-electron chi connectivity index (χ2n) is 8.88. The number of amides is 1. The first-order valence-corrected chi connectivity index (χ1v) is 12.1. The Morgan fingerprint density at radius 3 is 2.56 bits per heavy atom. The zero-order valence-corrected chi connectivity index (χ0v) is 20.4. The molecule has 0 bridgehead atoms. The van der Waals surface area contributed by atoms with Crippen molar-refractivity contribution in [1.82, 2.24) is 9.88 Å². The lowest BCUT2D eigenvalue weighted by Crippen LogP contribution is -2.29. The molecule has 2 heterocycles. The van der Waals surface area contributed by atoms with Crippen molar-refractivity contribution < 1.29 is 23.8 Å². The number of carbonyl (C=O) groups excluding carboxylic acids is 2. The number of hydrogen-bond donors (Lipinski definition) is 1. The van der Waals surface area contributed by atoms with Crippen LogP contribution in [0.2, 0.25) is 0 Å². The van der Waals surface area contributed by atoms with Crippen LogP contribution >= 0.6 is 0 Å². The Hall–Kier alpha value is -4.00. The summed E-state index contributed by atoms with van der Waals surface area (Å²) in [5.74, 6) is -1.80. The summed E-state index contributed by atoms with van der Waals surface area (Å²) in [6.45, 7) is 4.46. The van der Waals surface area contributed by atoms with Crippen LogP contribution in [0.15, 0.2) is 72.6 Å². The molecule has 1 saturated heterocycles. The number of unbranched alkanes of at least 4 members (excludes halogenated alkanes) is 2. The summed E-state index contributed by atoms with van der Waals surface area (Å²) in [7, 11) is 0. The first kappa shape index (κ1) is 25.1. The summed E-state index contributed by atoms with van der Waals surface area (Å²) in [4.78, 5) is 31.8. The molecule has 0 saturated carbocycles. The molecule has 7 heteroatoms. The van der Waals surface area contributed by atoms with E-state index >= 15 is 0 Å². The van der Waals surface area contributed by atoms with Crippen molar-refractivity contribution in [3.8, 4) is 5.75 Å². The van der Waals surface area contributed by atoms with Crippen molar-refractivity contribution in [1.29, 1.82) is 0 Å². The van der Waals surface area contributed by atoms with Gasteiger partial charge in [-0.3, -0.25) is 14.6 Å². The molecule has 2 aromatic carbocycles. The number of rotatable bonds is 9. The lowest BCUT2D eigenvalue weighted by molar-refractivity contribution is -0.140. The smallest absolute Gasteiger partial charge is 0.295 e. The Bertz CT molecular complexity index is 1270. The molecule has 1 fully saturated rings. The Kier molecular flexibility index (Phi) is 7.78. The number of aliphatic hydroxyl groups is 1. The number of aryl methyl sites for hydroxylation is 1. The van der Waals surface area contributed by atoms with Gasteiger partial charge in [0.15, 0.2) is 0 Å². The minimum atomic E-state index is -0.858. The molecule has 1 aromatic heterocycles. The maximum Gasteiger partial charge on any atom is 0.295 e. The summed E-state index contributed by atoms with van der Waals surface area (Å²) >= 11 is 0. The molecule has 0 aliphatic carbocycles. The maximum atomic E-state index is 14.3. The van der Waals surface area contributed by atoms with E-state index in [-0.39, 0.29) is 17.7 Å². The molecule has 1 aliphatic rings. The van der Waals surface area contributed by atoms with Gasteiger partial charge in [-0.05, 0) is 54.3 Å². The summed E-state index contributed by atoms with van der Waals surface area (Å²) < 4.78 is 20.1. The van der Waals surface area contributed by atoms with Gasteiger partial charge in [-0.2, -0.15) is 0 Å². The monoisotopic (exact) mass is 488 g/mol. The summed E-state index contributed by atoms with van der Waals surface area (Å²) in [6.07, 6.45) is 6.39. The van der Waals surface area contributed by atoms with Gasteiger partial charge in [-0.1, -0.05) is 50.1 Å². The fraction of sp³-hybridized carbons (Fsp3) is 0.276. The number of halogens is 1. The molecule has 1 atom stereocenters. The van der Waals surface area contributed by atoms with Crippen molar-refractivity contribution in [3.63, 3.8) is 0 Å². The number of ketones is 1. The summed E-state index contributed by atoms with van der Waals surface area (Å²) in [6, 6.07) is 14.1. The Balaban J connectivity index is 1.74. The number of pyridine rings is 1. The van der Waals surface area contributed by atoms with Gasteiger partial charge >= 0.3 is 0 Å². The number of hydrogen-bond acceptors (Lipinski definition) is 5. The molecule has 186 valence electrons. The van der Waals surface area contributed by atoms with E-state index in [0.29, 0.717) is 23.5 Å². The predicted molar refractivity (Wildman–Crippen MR) is 135 cm³/mol. The molecule has 1 N–H and O–H groups in total. The Morgan fingerprint density at radius 2 is 1.89 bits per heavy atom. The van der Waals surface area contributed by atoms with E-state index in [9.17, 15) is 19.1 Å². The largest absolute Gasteiger partial charge is 0.507 e. The normalized spacial score (nSPS) is 17.0. The number of Topliss-reactive ketones (excluding diaryl/α,β-unsaturated/α-hetero) is 1. The van der Waals surface area contributed by atoms with Gasteiger partial charge in [0.2, 0.25) is 0 Å². The highest BCUT2D eigenvalue weighted by Crippen LogP contribution is 2.40. The fourth-order valence-corrected chi connectivity index (χ4v) is 4.26. The minimum absolute atomic E-state index is 0.0799. The average molecular weight is 489 g/mol. The van der Waals surface area contributed by atoms with Gasteiger partial charge in [0.25, 0.3) is 11.7 Å². The van der Waals surface area contributed by atoms with Crippen LogP contribution in [0, 0.1) is 12.7 Å². The second kappa shape index (κ2) is 11.2. The van der Waals surface area contributed by atoms with E-state index < -0.39 is 29.3 Å². The van der Waals surface area contributed by atoms with Gasteiger partial charge < -0.3 is 14.7 Å². The summed E-state index contributed by atoms with van der Waals surface area (Å²) in [5.41, 5.74) is 1.84. The van der Waals surface area contributed by atoms with E-state index in [2.05, 4.69) is 11.9 Å². The van der Waals surface area contributed by atoms with Crippen LogP contribution < -0.4 is 4.74 Å². The van der Waals surface area contributed by atoms with E-state index in [1.807, 2.05) is 6.07 Å². The van der Waals surface area contributed by atoms with Crippen LogP contribution in [0.4, 0.5) is 4.39 Å². The van der Waals surface area contributed by atoms with Crippen molar-refractivity contribution in [3.05, 3.63) is 101 Å². The number of benzene rings is 2. The van der Waals surface area contributed by atoms with E-state index in [1.165, 1.54) is 23.1 Å². The van der Waals surface area contributed by atoms with Crippen molar-refractivity contribution in [2.24, 2.45) is 0 Å². The number of aliphatic hydroxyl groups excluding tert-OH is 1. The molecular weight excluding hydrogens is 459 g/mol. The number of aromatic nitrogens is 1. The average Bonchev–Trinajstić information content (AvgIpc) is 3.13. The number of carbonyl (C=O) groups is 2. The molecule has 36 heavy (non-hydrogen) atoms. The molecule has 4 rings (SSSR count). The first-order chi connectivity index (χ1) is 17.4. The first-order valence-electron chi connectivity index (χ1n) is 12.1. The number of likely N-dealkylation sites (tertiary alicyclic amines) is 1. The van der Waals surface area contributed by atoms with Crippen LogP contribution in [-0.2, 0) is 16.1 Å². The highest BCUT2D eigenvalue weighted by atomic mass is 19.1. The quantitative estimate of drug-likeness (QED) is 0.180. The Labute approximate surface area is 210 Å². The van der Waals surface area contributed by atoms with E-state index in [1.54, 1.807) is 49.6 Å². The number of ether oxygens (including phenoxy) is 1. The van der Waals surface area contributed by atoms with Crippen LogP contribution in [0.5, 0.6) is 5.75 Å². The van der Waals surface area contributed by atoms with E-state index in [4.69, 9.17) is 4.74 Å². The highest BCUT2D eigenvalue weighted by molar-refractivity contribution is 6.46. The molecule has 0 spiro atoms. The van der Waals surface area contributed by atoms with Crippen molar-refractivity contribution in [2.45, 2.75) is 45.7 Å². The molecule has 6 nitrogen and oxygen atoms in total. The van der Waals surface area contributed by atoms with Gasteiger partial charge in [-0.15, -0.1) is 0 Å². The fourth-order valence-electron chi connectivity index (χ4n) is 4.26. The van der Waals surface area contributed by atoms with Crippen molar-refractivity contribution >= 4 is 17.4 Å². The third-order valence-corrected chi connectivity index (χ3v) is 6.27. The summed E-state index contributed by atoms with van der Waals surface area (Å²) in [5, 5.41) is 11.1. The molecule has 3 aromatic rings. The lowest BCUT2D eigenvalue weighted by atomic mass is 9.94. The zero-order valence-electron chi connectivity index (χ0n) is 20.4. The SMILES string of the molecule is CCCCCOc1ccc([C@H]2C(=C(O)c3ccc(C)c(F)c3)C(=O)C(=O)N2Cc2cccnc2)cc1. The molecule has 1 aliphatic heterocycles. The lowest BCUT2D eigenvalue weighted by Gasteiger charge is -2.25. The van der Waals surface area contributed by atoms with Crippen LogP contribution in [0.25, 0.3) is 5.76 Å². The number of nitrogens with zero attached hydrogens (tertiary/aromatic N) is 2. The minimum Gasteiger partial charge on any atom is -0.507 e. The maximum absolute atomic E-state index is 14.3. The topological polar surface area (TPSA) is 79.7 Å². The predicted octanol–water partition coefficient (Wildman–Crippen LogP) is 5.72. The standard InChI is InChI=1S/C29H29FN2O4/c1-3-4-5-15-36-23-12-10-21(11-13-23)26-25(27(33)22-9-8-19(2)24(30)16-22)28(34)29(35)32(26)18-20-7-6-14-31-17-20/h6-14,16-17,26,33H,3-5,15,18H2,1-2H3/t26-/m0/s1. The van der Waals surface area contributed by atoms with Gasteiger partial charge in [0.05, 0.1) is 18.2 Å². The van der Waals surface area contributed by atoms with Gasteiger partial charge in [0.1, 0.15) is 17.3 Å². The van der Waals surface area contributed by atoms with Gasteiger partial charge in [0, 0.05) is 24.5 Å².